The van der Waals surface area contributed by atoms with Gasteiger partial charge in [-0.3, -0.25) is 0 Å². The number of nitrogens with zero attached hydrogens (tertiary/aromatic N) is 4. The molecule has 0 radical (unpaired) electrons. The topological polar surface area (TPSA) is 86.4 Å². The molecule has 0 bridgehead atoms. The van der Waals surface area contributed by atoms with E-state index in [1.54, 1.807) is 13.0 Å². The molecular weight excluding hydrogens is 420 g/mol. The number of allylic oxidation sites excluding steroid dienone is 2. The van der Waals surface area contributed by atoms with Crippen molar-refractivity contribution in [1.82, 2.24) is 0 Å². The van der Waals surface area contributed by atoms with Crippen LogP contribution in [0.3, 0.4) is 0 Å². The van der Waals surface area contributed by atoms with Gasteiger partial charge in [0, 0.05) is 0 Å². The minimum atomic E-state index is 0.285. The largest absolute Gasteiger partial charge is 0.492 e. The number of fused-ring (bicyclic) bond motifs is 2. The van der Waals surface area contributed by atoms with Crippen LogP contribution in [0.15, 0.2) is 104 Å². The summed E-state index contributed by atoms with van der Waals surface area (Å²) < 4.78 is 23.0. The zero-order chi connectivity index (χ0) is 22.9. The first-order chi connectivity index (χ1) is 16.2. The highest BCUT2D eigenvalue weighted by molar-refractivity contribution is 5.62. The van der Waals surface area contributed by atoms with Gasteiger partial charge in [-0.25, -0.2) is 0 Å². The molecule has 2 aliphatic heterocycles. The van der Waals surface area contributed by atoms with E-state index in [9.17, 15) is 0 Å². The maximum atomic E-state index is 5.80. The lowest BCUT2D eigenvalue weighted by molar-refractivity contribution is 0.156. The molecule has 0 amide bonds. The standard InChI is InChI=1S/C25H22N4O4/c1-18-22(28-16-26-20-7-3-5-9-24(20)32-13-11-30-18)15-23-19(2)31-12-14-33-25-10-6-4-8-21(25)27-17-29-23/h3-10,15H,1,11-14H2,2H3/b22-15+,23-19-. The monoisotopic (exact) mass is 442 g/mol. The summed E-state index contributed by atoms with van der Waals surface area (Å²) in [7, 11) is 0. The predicted molar refractivity (Wildman–Crippen MR) is 125 cm³/mol. The van der Waals surface area contributed by atoms with Crippen LogP contribution in [-0.4, -0.2) is 38.4 Å². The van der Waals surface area contributed by atoms with Gasteiger partial charge in [0.05, 0.1) is 0 Å². The van der Waals surface area contributed by atoms with Gasteiger partial charge in [0.25, 0.3) is 0 Å². The Bertz CT molecular complexity index is 1230. The third-order valence-corrected chi connectivity index (χ3v) is 4.61. The Labute approximate surface area is 191 Å². The molecule has 8 heteroatoms. The molecule has 2 aromatic carbocycles. The summed E-state index contributed by atoms with van der Waals surface area (Å²) in [5, 5.41) is 0. The Morgan fingerprint density at radius 2 is 1.27 bits per heavy atom. The molecule has 2 heterocycles. The molecule has 166 valence electrons. The van der Waals surface area contributed by atoms with E-state index >= 15 is 0 Å². The van der Waals surface area contributed by atoms with Gasteiger partial charge in [0.2, 0.25) is 0 Å². The average molecular weight is 442 g/mol. The molecule has 0 saturated heterocycles. The van der Waals surface area contributed by atoms with Crippen molar-refractivity contribution in [3.8, 4) is 11.5 Å². The maximum Gasteiger partial charge on any atom is 0.145 e. The van der Waals surface area contributed by atoms with E-state index in [1.807, 2.05) is 48.5 Å². The zero-order valence-electron chi connectivity index (χ0n) is 18.2. The quantitative estimate of drug-likeness (QED) is 0.588. The van der Waals surface area contributed by atoms with Crippen molar-refractivity contribution < 1.29 is 18.9 Å². The van der Waals surface area contributed by atoms with Crippen LogP contribution in [0.4, 0.5) is 11.4 Å². The summed E-state index contributed by atoms with van der Waals surface area (Å²) in [6.07, 6.45) is 1.66. The van der Waals surface area contributed by atoms with Crippen LogP contribution in [0.1, 0.15) is 6.92 Å². The van der Waals surface area contributed by atoms with Crippen LogP contribution in [0.25, 0.3) is 0 Å². The molecular formula is C25H22N4O4. The van der Waals surface area contributed by atoms with Crippen molar-refractivity contribution in [3.63, 3.8) is 0 Å². The fourth-order valence-corrected chi connectivity index (χ4v) is 2.94. The van der Waals surface area contributed by atoms with E-state index in [2.05, 4.69) is 38.6 Å². The second-order valence-corrected chi connectivity index (χ2v) is 6.87. The number of ether oxygens (including phenoxy) is 4. The zero-order valence-corrected chi connectivity index (χ0v) is 18.2. The molecule has 0 aliphatic carbocycles. The maximum absolute atomic E-state index is 5.80. The smallest absolute Gasteiger partial charge is 0.145 e. The van der Waals surface area contributed by atoms with E-state index in [0.29, 0.717) is 65.6 Å². The summed E-state index contributed by atoms with van der Waals surface area (Å²) >= 11 is 0. The van der Waals surface area contributed by atoms with Gasteiger partial charge >= 0.3 is 0 Å². The number of benzene rings is 2. The molecule has 0 atom stereocenters. The second kappa shape index (κ2) is 10.8. The number of hydrogen-bond acceptors (Lipinski definition) is 8. The number of rotatable bonds is 1. The van der Waals surface area contributed by atoms with Crippen molar-refractivity contribution in [3.05, 3.63) is 84.1 Å². The minimum Gasteiger partial charge on any atom is -0.492 e. The number of aliphatic imine (C=N–C) groups is 4. The first-order valence-corrected chi connectivity index (χ1v) is 10.3. The first kappa shape index (κ1) is 21.8. The summed E-state index contributed by atoms with van der Waals surface area (Å²) in [4.78, 5) is 17.2. The lowest BCUT2D eigenvalue weighted by Crippen LogP contribution is -2.07. The van der Waals surface area contributed by atoms with Gasteiger partial charge in [-0.2, -0.15) is 20.0 Å². The van der Waals surface area contributed by atoms with E-state index in [1.165, 1.54) is 0 Å². The highest BCUT2D eigenvalue weighted by atomic mass is 16.5. The lowest BCUT2D eigenvalue weighted by atomic mass is 10.2. The molecule has 0 spiro atoms. The van der Waals surface area contributed by atoms with Crippen molar-refractivity contribution >= 4 is 23.4 Å². The van der Waals surface area contributed by atoms with Crippen molar-refractivity contribution in [2.75, 3.05) is 26.4 Å². The molecule has 0 unspecified atom stereocenters. The van der Waals surface area contributed by atoms with Crippen LogP contribution in [0.5, 0.6) is 11.5 Å². The Hall–Kier alpha value is -4.38. The highest BCUT2D eigenvalue weighted by Crippen LogP contribution is 2.28. The highest BCUT2D eigenvalue weighted by Gasteiger charge is 2.10. The molecule has 8 nitrogen and oxygen atoms in total. The molecule has 0 N–H and O–H groups in total. The van der Waals surface area contributed by atoms with E-state index < -0.39 is 0 Å². The second-order valence-electron chi connectivity index (χ2n) is 6.87. The van der Waals surface area contributed by atoms with E-state index in [0.717, 1.165) is 0 Å². The van der Waals surface area contributed by atoms with Crippen LogP contribution in [0, 0.1) is 0 Å². The normalized spacial score (nSPS) is 19.7. The van der Waals surface area contributed by atoms with Crippen LogP contribution in [0.2, 0.25) is 0 Å². The van der Waals surface area contributed by atoms with Crippen LogP contribution >= 0.6 is 0 Å². The Kier molecular flexibility index (Phi) is 7.13. The fourth-order valence-electron chi connectivity index (χ4n) is 2.94. The third-order valence-electron chi connectivity index (χ3n) is 4.61. The summed E-state index contributed by atoms with van der Waals surface area (Å²) in [5.74, 6) is 2.13. The van der Waals surface area contributed by atoms with Gasteiger partial charge in [-0.15, -0.1) is 0 Å². The van der Waals surface area contributed by atoms with Crippen LogP contribution in [-0.2, 0) is 9.47 Å². The molecule has 2 aliphatic rings. The van der Waals surface area contributed by atoms with Crippen molar-refractivity contribution in [2.45, 2.75) is 6.92 Å². The van der Waals surface area contributed by atoms with Crippen LogP contribution < -0.4 is 9.47 Å². The Balaban J connectivity index is 1.72. The molecule has 4 rings (SSSR count). The Morgan fingerprint density at radius 1 is 0.727 bits per heavy atom. The Morgan fingerprint density at radius 3 is 1.94 bits per heavy atom. The average Bonchev–Trinajstić information content (AvgIpc) is 2.89. The SMILES string of the molecule is C=C1OCCOc2ccccc2N=C=N/C1=C/C1=C(\C)OCCOc2ccccc2N=C=N1. The number of para-hydroxylation sites is 4. The molecule has 0 saturated carbocycles. The van der Waals surface area contributed by atoms with Gasteiger partial charge in [0.15, 0.2) is 0 Å². The summed E-state index contributed by atoms with van der Waals surface area (Å²) in [5.41, 5.74) is 2.08. The van der Waals surface area contributed by atoms with Crippen molar-refractivity contribution in [2.24, 2.45) is 20.0 Å². The van der Waals surface area contributed by atoms with Gasteiger partial charge < -0.3 is 18.9 Å². The lowest BCUT2D eigenvalue weighted by Gasteiger charge is -2.11. The molecule has 0 aromatic heterocycles. The third kappa shape index (κ3) is 5.86. The fraction of sp³-hybridized carbons (Fsp3) is 0.200. The van der Waals surface area contributed by atoms with Crippen molar-refractivity contribution in [1.29, 1.82) is 0 Å². The van der Waals surface area contributed by atoms with Gasteiger partial charge in [0.1, 0.15) is 84.2 Å². The molecule has 33 heavy (non-hydrogen) atoms. The number of hydrogen-bond donors (Lipinski definition) is 0. The molecule has 2 aromatic rings. The molecule has 0 fully saturated rings. The first-order valence-electron chi connectivity index (χ1n) is 10.3. The van der Waals surface area contributed by atoms with Gasteiger partial charge in [-0.05, 0) is 37.3 Å². The predicted octanol–water partition coefficient (Wildman–Crippen LogP) is 5.44. The summed E-state index contributed by atoms with van der Waals surface area (Å²) in [6, 6.07) is 20.2. The van der Waals surface area contributed by atoms with E-state index in [-0.39, 0.29) is 6.61 Å². The minimum absolute atomic E-state index is 0.285. The summed E-state index contributed by atoms with van der Waals surface area (Å²) in [6.45, 7) is 7.06. The van der Waals surface area contributed by atoms with Gasteiger partial charge in [-0.1, -0.05) is 30.8 Å². The van der Waals surface area contributed by atoms with E-state index in [4.69, 9.17) is 18.9 Å².